The van der Waals surface area contributed by atoms with Crippen molar-refractivity contribution in [2.45, 2.75) is 57.1 Å². The van der Waals surface area contributed by atoms with E-state index in [1.165, 1.54) is 0 Å². The molecule has 7 nitrogen and oxygen atoms in total. The van der Waals surface area contributed by atoms with E-state index in [0.717, 1.165) is 12.0 Å². The average molecular weight is 401 g/mol. The number of rotatable bonds is 5. The van der Waals surface area contributed by atoms with Crippen molar-refractivity contribution in [1.82, 2.24) is 20.0 Å². The van der Waals surface area contributed by atoms with Crippen LogP contribution in [-0.4, -0.2) is 54.5 Å². The molecule has 0 saturated carbocycles. The molecule has 2 aromatic rings. The van der Waals surface area contributed by atoms with Crippen LogP contribution in [0, 0.1) is 0 Å². The quantitative estimate of drug-likeness (QED) is 0.768. The zero-order chi connectivity index (χ0) is 19.9. The highest BCUT2D eigenvalue weighted by Crippen LogP contribution is 2.47. The van der Waals surface area contributed by atoms with Gasteiger partial charge in [0.2, 0.25) is 23.6 Å². The number of benzene rings is 1. The fourth-order valence-corrected chi connectivity index (χ4v) is 5.29. The second kappa shape index (κ2) is 7.24. The summed E-state index contributed by atoms with van der Waals surface area (Å²) in [6.45, 7) is 6.20. The third-order valence-corrected chi connectivity index (χ3v) is 6.93. The first kappa shape index (κ1) is 19.0. The number of hydrogen-bond donors (Lipinski definition) is 0. The Hall–Kier alpha value is -2.35. The SMILES string of the molecule is CC(C)N(Cc1nnc(-c2ccccc2)o1)C(=O)[C@@H]1CS[C@@]2(C)CCC(=O)N12. The maximum atomic E-state index is 13.3. The van der Waals surface area contributed by atoms with E-state index in [-0.39, 0.29) is 29.3 Å². The normalized spacial score (nSPS) is 24.1. The van der Waals surface area contributed by atoms with Crippen LogP contribution in [0.4, 0.5) is 0 Å². The molecule has 2 atom stereocenters. The lowest BCUT2D eigenvalue weighted by atomic mass is 10.1. The average Bonchev–Trinajstić information content (AvgIpc) is 3.36. The molecule has 1 aromatic heterocycles. The molecule has 0 unspecified atom stereocenters. The molecule has 8 heteroatoms. The number of aromatic nitrogens is 2. The van der Waals surface area contributed by atoms with Gasteiger partial charge in [-0.1, -0.05) is 18.2 Å². The van der Waals surface area contributed by atoms with Crippen molar-refractivity contribution in [3.8, 4) is 11.5 Å². The molecule has 2 aliphatic rings. The fourth-order valence-electron chi connectivity index (χ4n) is 3.87. The van der Waals surface area contributed by atoms with E-state index >= 15 is 0 Å². The Morgan fingerprint density at radius 2 is 2.11 bits per heavy atom. The number of amides is 2. The minimum absolute atomic E-state index is 0.0471. The van der Waals surface area contributed by atoms with Crippen molar-refractivity contribution in [2.75, 3.05) is 5.75 Å². The molecular weight excluding hydrogens is 376 g/mol. The summed E-state index contributed by atoms with van der Waals surface area (Å²) in [6, 6.07) is 9.07. The monoisotopic (exact) mass is 400 g/mol. The van der Waals surface area contributed by atoms with E-state index in [0.29, 0.717) is 24.0 Å². The van der Waals surface area contributed by atoms with Crippen molar-refractivity contribution >= 4 is 23.6 Å². The van der Waals surface area contributed by atoms with Crippen LogP contribution in [0.3, 0.4) is 0 Å². The molecule has 0 radical (unpaired) electrons. The molecule has 2 aliphatic heterocycles. The highest BCUT2D eigenvalue weighted by atomic mass is 32.2. The van der Waals surface area contributed by atoms with Gasteiger partial charge in [0.15, 0.2) is 0 Å². The van der Waals surface area contributed by atoms with Gasteiger partial charge in [-0.2, -0.15) is 0 Å². The van der Waals surface area contributed by atoms with Crippen molar-refractivity contribution in [2.24, 2.45) is 0 Å². The second-order valence-electron chi connectivity index (χ2n) is 7.69. The predicted molar refractivity (Wildman–Crippen MR) is 106 cm³/mol. The van der Waals surface area contributed by atoms with E-state index in [9.17, 15) is 9.59 Å². The summed E-state index contributed by atoms with van der Waals surface area (Å²) in [5.41, 5.74) is 0.842. The molecule has 2 saturated heterocycles. The van der Waals surface area contributed by atoms with Gasteiger partial charge in [-0.05, 0) is 39.3 Å². The van der Waals surface area contributed by atoms with Crippen LogP contribution >= 0.6 is 11.8 Å². The number of carbonyl (C=O) groups excluding carboxylic acids is 2. The minimum atomic E-state index is -0.427. The summed E-state index contributed by atoms with van der Waals surface area (Å²) >= 11 is 1.70. The summed E-state index contributed by atoms with van der Waals surface area (Å²) in [7, 11) is 0. The summed E-state index contributed by atoms with van der Waals surface area (Å²) < 4.78 is 5.79. The fraction of sp³-hybridized carbons (Fsp3) is 0.500. The molecule has 28 heavy (non-hydrogen) atoms. The predicted octanol–water partition coefficient (Wildman–Crippen LogP) is 2.93. The van der Waals surface area contributed by atoms with Gasteiger partial charge in [-0.15, -0.1) is 22.0 Å². The molecule has 3 heterocycles. The summed E-state index contributed by atoms with van der Waals surface area (Å²) in [6.07, 6.45) is 1.31. The standard InChI is InChI=1S/C20H24N4O3S/c1-13(2)23(11-16-21-22-18(27-16)14-7-5-4-6-8-14)19(26)15-12-28-20(3)10-9-17(25)24(15)20/h4-8,13,15H,9-12H2,1-3H3/t15-,20-/m0/s1. The van der Waals surface area contributed by atoms with Gasteiger partial charge in [0.1, 0.15) is 6.04 Å². The molecule has 0 bridgehead atoms. The molecule has 2 fully saturated rings. The molecule has 0 aliphatic carbocycles. The Morgan fingerprint density at radius 3 is 2.82 bits per heavy atom. The number of carbonyl (C=O) groups is 2. The Balaban J connectivity index is 1.53. The lowest BCUT2D eigenvalue weighted by Gasteiger charge is -2.34. The third kappa shape index (κ3) is 3.30. The number of hydrogen-bond acceptors (Lipinski definition) is 6. The largest absolute Gasteiger partial charge is 0.419 e. The summed E-state index contributed by atoms with van der Waals surface area (Å²) in [5, 5.41) is 8.23. The van der Waals surface area contributed by atoms with Crippen molar-refractivity contribution in [3.63, 3.8) is 0 Å². The van der Waals surface area contributed by atoms with Gasteiger partial charge in [0.05, 0.1) is 11.4 Å². The van der Waals surface area contributed by atoms with Crippen molar-refractivity contribution in [3.05, 3.63) is 36.2 Å². The van der Waals surface area contributed by atoms with Crippen LogP contribution in [-0.2, 0) is 16.1 Å². The van der Waals surface area contributed by atoms with Crippen LogP contribution in [0.1, 0.15) is 39.5 Å². The van der Waals surface area contributed by atoms with Gasteiger partial charge in [0.25, 0.3) is 0 Å². The highest BCUT2D eigenvalue weighted by molar-refractivity contribution is 8.01. The third-order valence-electron chi connectivity index (χ3n) is 5.43. The lowest BCUT2D eigenvalue weighted by Crippen LogP contribution is -2.52. The highest BCUT2D eigenvalue weighted by Gasteiger charge is 2.53. The molecule has 0 spiro atoms. The van der Waals surface area contributed by atoms with Gasteiger partial charge < -0.3 is 14.2 Å². The zero-order valence-corrected chi connectivity index (χ0v) is 17.1. The summed E-state index contributed by atoms with van der Waals surface area (Å²) in [4.78, 5) is 29.0. The smallest absolute Gasteiger partial charge is 0.247 e. The van der Waals surface area contributed by atoms with Crippen molar-refractivity contribution < 1.29 is 14.0 Å². The van der Waals surface area contributed by atoms with Crippen LogP contribution in [0.5, 0.6) is 0 Å². The maximum absolute atomic E-state index is 13.3. The number of nitrogens with zero attached hydrogens (tertiary/aromatic N) is 4. The van der Waals surface area contributed by atoms with E-state index in [4.69, 9.17) is 4.42 Å². The lowest BCUT2D eigenvalue weighted by molar-refractivity contribution is -0.145. The molecule has 4 rings (SSSR count). The molecule has 0 N–H and O–H groups in total. The Kier molecular flexibility index (Phi) is 4.91. The van der Waals surface area contributed by atoms with E-state index in [1.54, 1.807) is 21.6 Å². The first-order valence-electron chi connectivity index (χ1n) is 9.53. The maximum Gasteiger partial charge on any atom is 0.247 e. The van der Waals surface area contributed by atoms with Crippen molar-refractivity contribution in [1.29, 1.82) is 0 Å². The number of fused-ring (bicyclic) bond motifs is 1. The molecular formula is C20H24N4O3S. The Bertz CT molecular complexity index is 885. The number of thioether (sulfide) groups is 1. The van der Waals surface area contributed by atoms with Crippen LogP contribution in [0.15, 0.2) is 34.7 Å². The van der Waals surface area contributed by atoms with Gasteiger partial charge in [-0.3, -0.25) is 9.59 Å². The first-order chi connectivity index (χ1) is 13.4. The van der Waals surface area contributed by atoms with Gasteiger partial charge in [0, 0.05) is 23.8 Å². The van der Waals surface area contributed by atoms with Gasteiger partial charge in [-0.25, -0.2) is 0 Å². The van der Waals surface area contributed by atoms with Crippen LogP contribution in [0.2, 0.25) is 0 Å². The topological polar surface area (TPSA) is 79.5 Å². The first-order valence-corrected chi connectivity index (χ1v) is 10.5. The molecule has 2 amide bonds. The van der Waals surface area contributed by atoms with Crippen LogP contribution < -0.4 is 0 Å². The summed E-state index contributed by atoms with van der Waals surface area (Å²) in [5.74, 6) is 1.47. The Labute approximate surface area is 168 Å². The second-order valence-corrected chi connectivity index (χ2v) is 9.19. The van der Waals surface area contributed by atoms with E-state index in [2.05, 4.69) is 17.1 Å². The van der Waals surface area contributed by atoms with E-state index < -0.39 is 6.04 Å². The van der Waals surface area contributed by atoms with Crippen LogP contribution in [0.25, 0.3) is 11.5 Å². The Morgan fingerprint density at radius 1 is 1.36 bits per heavy atom. The van der Waals surface area contributed by atoms with Gasteiger partial charge >= 0.3 is 0 Å². The molecule has 148 valence electrons. The van der Waals surface area contributed by atoms with E-state index in [1.807, 2.05) is 44.2 Å². The zero-order valence-electron chi connectivity index (χ0n) is 16.3. The molecule has 1 aromatic carbocycles. The minimum Gasteiger partial charge on any atom is -0.419 e.